The van der Waals surface area contributed by atoms with Gasteiger partial charge in [0.2, 0.25) is 29.5 Å². The van der Waals surface area contributed by atoms with E-state index in [0.717, 1.165) is 271 Å². The summed E-state index contributed by atoms with van der Waals surface area (Å²) >= 11 is 0. The van der Waals surface area contributed by atoms with Gasteiger partial charge in [0.15, 0.2) is 0 Å². The Morgan fingerprint density at radius 2 is 0.572 bits per heavy atom. The summed E-state index contributed by atoms with van der Waals surface area (Å²) in [6.45, 7) is 75.4. The van der Waals surface area contributed by atoms with E-state index < -0.39 is 0 Å². The minimum atomic E-state index is -0.0535. The molecule has 8 aliphatic heterocycles. The third-order valence-corrected chi connectivity index (χ3v) is 31.5. The molecule has 0 unspecified atom stereocenters. The van der Waals surface area contributed by atoms with E-state index in [1.54, 1.807) is 20.8 Å². The quantitative estimate of drug-likeness (QED) is 0.0554. The second-order valence-corrected chi connectivity index (χ2v) is 50.2. The molecule has 864 valence electrons. The lowest BCUT2D eigenvalue weighted by atomic mass is 9.76. The molecule has 0 N–H and O–H groups in total. The highest BCUT2D eigenvalue weighted by atomic mass is 16.5. The van der Waals surface area contributed by atoms with E-state index in [1.807, 2.05) is 75.0 Å². The molecule has 10 aliphatic rings. The summed E-state index contributed by atoms with van der Waals surface area (Å²) in [6, 6.07) is 0. The van der Waals surface area contributed by atoms with Gasteiger partial charge in [-0.05, 0) is 267 Å². The smallest absolute Gasteiger partial charge is 0.308 e. The first-order valence-corrected chi connectivity index (χ1v) is 56.1. The summed E-state index contributed by atoms with van der Waals surface area (Å²) in [5.74, 6) is 13.9. The molecule has 23 nitrogen and oxygen atoms in total. The number of nitrogens with zero attached hydrogens (tertiary/aromatic N) is 12. The van der Waals surface area contributed by atoms with Crippen LogP contribution in [0.1, 0.15) is 392 Å². The number of likely N-dealkylation sites (tertiary alicyclic amines) is 6. The van der Waals surface area contributed by atoms with E-state index in [9.17, 15) is 47.9 Å². The van der Waals surface area contributed by atoms with Gasteiger partial charge in [0.25, 0.3) is 0 Å². The average Bonchev–Trinajstić information content (AvgIpc) is 0.848. The van der Waals surface area contributed by atoms with Crippen molar-refractivity contribution in [3.05, 3.63) is 0 Å². The number of ketones is 4. The zero-order valence-electron chi connectivity index (χ0n) is 96.9. The van der Waals surface area contributed by atoms with E-state index in [-0.39, 0.29) is 99.4 Å². The Balaban J connectivity index is -0.000000291. The van der Waals surface area contributed by atoms with E-state index in [4.69, 9.17) is 4.74 Å². The van der Waals surface area contributed by atoms with Crippen molar-refractivity contribution in [1.29, 1.82) is 0 Å². The molecular weight excluding hydrogens is 1810 g/mol. The number of Topliss-reactive ketones (excluding diaryl/α,β-unsaturated/α-hetero) is 4. The summed E-state index contributed by atoms with van der Waals surface area (Å²) in [5, 5.41) is 0. The zero-order valence-corrected chi connectivity index (χ0v) is 96.9. The molecule has 10 fully saturated rings. The number of quaternary nitrogens is 4. The second kappa shape index (κ2) is 80.1. The minimum Gasteiger partial charge on any atom is -0.462 e. The topological polar surface area (TPSA) is 206 Å². The number of esters is 1. The van der Waals surface area contributed by atoms with Crippen molar-refractivity contribution in [1.82, 2.24) is 39.2 Å². The number of carbonyl (C=O) groups is 10. The molecule has 2 saturated carbocycles. The van der Waals surface area contributed by atoms with Crippen LogP contribution in [0, 0.1) is 107 Å². The van der Waals surface area contributed by atoms with Gasteiger partial charge in [-0.3, -0.25) is 38.4 Å². The monoisotopic (exact) mass is 2060 g/mol. The fourth-order valence-corrected chi connectivity index (χ4v) is 20.2. The third kappa shape index (κ3) is 70.2. The Morgan fingerprint density at radius 1 is 0.290 bits per heavy atom. The molecule has 10 rings (SSSR count). The predicted molar refractivity (Wildman–Crippen MR) is 623 cm³/mol. The molecule has 8 heterocycles. The van der Waals surface area contributed by atoms with Crippen LogP contribution in [-0.2, 0) is 52.7 Å². The van der Waals surface area contributed by atoms with Crippen LogP contribution in [0.5, 0.6) is 0 Å². The number of piperidine rings is 6. The number of hydrogen-bond acceptors (Lipinski definition) is 14. The number of rotatable bonds is 27. The van der Waals surface area contributed by atoms with Crippen LogP contribution >= 0.6 is 0 Å². The summed E-state index contributed by atoms with van der Waals surface area (Å²) < 4.78 is 9.46. The van der Waals surface area contributed by atoms with Crippen molar-refractivity contribution < 1.29 is 70.6 Å². The van der Waals surface area contributed by atoms with Crippen LogP contribution in [0.15, 0.2) is 0 Å². The molecule has 23 heteroatoms. The number of piperazine rings is 2. The average molecular weight is 2070 g/mol. The van der Waals surface area contributed by atoms with Crippen molar-refractivity contribution in [3.8, 4) is 0 Å². The maximum atomic E-state index is 12.0. The molecule has 0 atom stereocenters. The lowest BCUT2D eigenvalue weighted by Gasteiger charge is -2.39. The van der Waals surface area contributed by atoms with Gasteiger partial charge in [0.1, 0.15) is 29.2 Å². The number of ether oxygens (including phenoxy) is 1. The minimum absolute atomic E-state index is 0. The van der Waals surface area contributed by atoms with Crippen LogP contribution < -0.4 is 0 Å². The summed E-state index contributed by atoms with van der Waals surface area (Å²) in [6.07, 6.45) is 30.2. The van der Waals surface area contributed by atoms with Gasteiger partial charge in [-0.15, -0.1) is 0 Å². The predicted octanol–water partition coefficient (Wildman–Crippen LogP) is 24.0. The normalized spacial score (nSPS) is 20.8. The van der Waals surface area contributed by atoms with Crippen LogP contribution in [0.25, 0.3) is 0 Å². The Bertz CT molecular complexity index is 3280. The third-order valence-electron chi connectivity index (χ3n) is 31.5. The molecular formula is C122H254N12O11+4. The summed E-state index contributed by atoms with van der Waals surface area (Å²) in [4.78, 5) is 131. The van der Waals surface area contributed by atoms with Gasteiger partial charge in [0, 0.05) is 140 Å². The highest BCUT2D eigenvalue weighted by molar-refractivity contribution is 5.84. The fraction of sp³-hybridized carbons (Fsp3) is 0.918. The van der Waals surface area contributed by atoms with Crippen LogP contribution in [0.4, 0.5) is 0 Å². The number of carbonyl (C=O) groups excluding carboxylic acids is 10. The first-order chi connectivity index (χ1) is 64.1. The van der Waals surface area contributed by atoms with E-state index >= 15 is 0 Å². The van der Waals surface area contributed by atoms with Crippen LogP contribution in [0.2, 0.25) is 0 Å². The lowest BCUT2D eigenvalue weighted by Crippen LogP contribution is -2.56. The Hall–Kier alpha value is -4.78. The Labute approximate surface area is 902 Å². The zero-order chi connectivity index (χ0) is 105. The van der Waals surface area contributed by atoms with Crippen molar-refractivity contribution in [3.63, 3.8) is 0 Å². The maximum Gasteiger partial charge on any atom is 0.308 e. The van der Waals surface area contributed by atoms with Crippen molar-refractivity contribution in [2.75, 3.05) is 235 Å². The number of likely N-dealkylation sites (N-methyl/N-ethyl adjacent to an activating group) is 2. The van der Waals surface area contributed by atoms with Gasteiger partial charge in [-0.2, -0.15) is 0 Å². The SMILES string of the molecule is C.C.C.C.C.C.C.CC(=O)C1CCC(C(C)C)CC1.CC(=O)C1CCC(C(C)C)CC1.CC(=O)CCC(=O)N1CCC(C(C)C)CC1.CC(=O)CCCN1CCC(C(C)C)CC1.CC(C)C(=O)N1CCCCC1.CC(C)C(=O)N1CCN(C)CC1.CC(C)C(=O)N1CC[N+](C)(C)CC1.CC(C)C(=O)OC1CC[N+](C)(C)CC1.CC(C)C1CCN(C(=O)CC[N+](C)(C)C)CC1.CC(C)C1CCN(CCC[N+](C)(C)C)CC1. The number of hydrogen-bond donors (Lipinski definition) is 0. The molecule has 2 aliphatic carbocycles. The van der Waals surface area contributed by atoms with E-state index in [0.29, 0.717) is 72.1 Å². The van der Waals surface area contributed by atoms with Gasteiger partial charge in [-0.1, -0.05) is 190 Å². The largest absolute Gasteiger partial charge is 0.462 e. The lowest BCUT2D eigenvalue weighted by molar-refractivity contribution is -0.896. The molecule has 0 aromatic rings. The summed E-state index contributed by atoms with van der Waals surface area (Å²) in [5.41, 5.74) is 0. The Morgan fingerprint density at radius 3 is 0.862 bits per heavy atom. The highest BCUT2D eigenvalue weighted by Crippen LogP contribution is 2.36. The molecule has 0 radical (unpaired) electrons. The van der Waals surface area contributed by atoms with Gasteiger partial charge < -0.3 is 71.5 Å². The first kappa shape index (κ1) is 153. The first-order valence-electron chi connectivity index (χ1n) is 56.1. The van der Waals surface area contributed by atoms with Crippen molar-refractivity contribution in [2.24, 2.45) is 107 Å². The van der Waals surface area contributed by atoms with Gasteiger partial charge in [-0.25, -0.2) is 0 Å². The molecule has 8 saturated heterocycles. The molecule has 0 bridgehead atoms. The fourth-order valence-electron chi connectivity index (χ4n) is 20.2. The summed E-state index contributed by atoms with van der Waals surface area (Å²) in [7, 11) is 24.2. The van der Waals surface area contributed by atoms with Gasteiger partial charge in [0.05, 0.1) is 135 Å². The van der Waals surface area contributed by atoms with Crippen LogP contribution in [0.3, 0.4) is 0 Å². The van der Waals surface area contributed by atoms with Gasteiger partial charge >= 0.3 is 5.97 Å². The molecule has 0 spiro atoms. The van der Waals surface area contributed by atoms with Crippen LogP contribution in [-0.4, -0.2) is 356 Å². The molecule has 0 aromatic carbocycles. The van der Waals surface area contributed by atoms with Crippen molar-refractivity contribution in [2.45, 2.75) is 398 Å². The molecule has 145 heavy (non-hydrogen) atoms. The highest BCUT2D eigenvalue weighted by Gasteiger charge is 2.35. The number of amides is 5. The Kier molecular flexibility index (Phi) is 84.6. The van der Waals surface area contributed by atoms with Crippen molar-refractivity contribution >= 4 is 58.6 Å². The molecule has 0 aromatic heterocycles. The van der Waals surface area contributed by atoms with E-state index in [2.05, 4.69) is 180 Å². The standard InChI is InChI=1S/C14H29N2O.C14H31N2.C13H23NO2.C13H25NO.C11H22NO2.2C11H20O.C10H21N2O.C9H18N2O.C9H17NO.7CH4/c1-12(2)13-6-9-15(10-7-13)14(17)8-11-16(3,4)5;1-13(2)14-7-10-15(11-8-14)9-6-12-16(3,4)5;1-10(2)12-6-8-14(9-7-12)13(16)5-4-11(3)15;1-11(2)13-6-9-14(10-7-13)8-4-5-12(3)15;1-9(2)11(13)14-10-5-7-12(3,4)8-6-10;2*1-8(2)10-4-6-11(7-5-10)9(3)12;1-9(2)10(13)11-5-7-12(3,4)8-6-11;1-8(2)9(12)11-6-4-10(3)5-7-11;1-8(2)9(11)10-6-4-3-5-7-10;;;;;;;/h12-13H,6-11H2,1-5H3;13-14H,6-12H2,1-5H3;10,12H,4-9H2,1-3H3;11,13H,4-10H2,1-3H3;9-10H,5-8H2,1-4H3;2*8,10-11H,4-7H2,1-3H3;9H,5-8H2,1-4H3;8H,4-7H2,1-3H3;8H,3-7H2,1-2H3;7*1H4/q2*+1;;;+1;;;+1;;;;;;;;;. The molecule has 5 amide bonds. The second-order valence-electron chi connectivity index (χ2n) is 50.2. The van der Waals surface area contributed by atoms with E-state index in [1.165, 1.54) is 136 Å². The maximum absolute atomic E-state index is 12.0.